The number of anilines is 4. The maximum absolute atomic E-state index is 5.70. The number of hydrogen-bond donors (Lipinski definition) is 2. The van der Waals surface area contributed by atoms with Crippen molar-refractivity contribution in [3.8, 4) is 45.5 Å². The molecule has 10 rings (SSSR count). The quantitative estimate of drug-likeness (QED) is 0.120. The predicted molar refractivity (Wildman–Crippen MR) is 265 cm³/mol. The van der Waals surface area contributed by atoms with Crippen LogP contribution in [0.25, 0.3) is 33.8 Å². The standard InChI is InChI=1S/2C20H16N4O2.C6H15N.C6H13N/c2*1-2-5-15(6-3-1)21-20-22-19-8-4-7-16(24(19)23-20)14-9-10-17-18(13-14)26-12-11-25-17;2*1-4-5-6-7(2)3/h2*1-10,13H,11-12H2,(H,21,23);4-6H2,1-3H3;4-5H,6H2,1-3H3/b;;;5-4+. The van der Waals surface area contributed by atoms with E-state index in [0.717, 1.165) is 74.7 Å². The molecule has 66 heavy (non-hydrogen) atoms. The van der Waals surface area contributed by atoms with Gasteiger partial charge in [0.1, 0.15) is 26.4 Å². The molecule has 6 heterocycles. The molecular formula is C52H60N10O4. The molecule has 342 valence electrons. The first kappa shape index (κ1) is 46.6. The first-order chi connectivity index (χ1) is 32.3. The van der Waals surface area contributed by atoms with E-state index in [0.29, 0.717) is 38.3 Å². The lowest BCUT2D eigenvalue weighted by Gasteiger charge is -2.19. The second-order valence-corrected chi connectivity index (χ2v) is 15.9. The van der Waals surface area contributed by atoms with Gasteiger partial charge in [-0.15, -0.1) is 10.2 Å². The highest BCUT2D eigenvalue weighted by molar-refractivity contribution is 5.69. The Morgan fingerprint density at radius 2 is 1.00 bits per heavy atom. The minimum atomic E-state index is 0.557. The van der Waals surface area contributed by atoms with Crippen molar-refractivity contribution in [3.63, 3.8) is 0 Å². The number of para-hydroxylation sites is 2. The normalized spacial score (nSPS) is 12.5. The fourth-order valence-corrected chi connectivity index (χ4v) is 6.85. The van der Waals surface area contributed by atoms with Gasteiger partial charge < -0.3 is 39.4 Å². The average molecular weight is 889 g/mol. The molecular weight excluding hydrogens is 829 g/mol. The van der Waals surface area contributed by atoms with Crippen LogP contribution in [0, 0.1) is 0 Å². The summed E-state index contributed by atoms with van der Waals surface area (Å²) >= 11 is 0. The Morgan fingerprint density at radius 3 is 1.38 bits per heavy atom. The van der Waals surface area contributed by atoms with Gasteiger partial charge >= 0.3 is 0 Å². The summed E-state index contributed by atoms with van der Waals surface area (Å²) in [4.78, 5) is 13.5. The van der Waals surface area contributed by atoms with E-state index in [2.05, 4.69) is 87.9 Å². The van der Waals surface area contributed by atoms with Crippen LogP contribution in [0.15, 0.2) is 146 Å². The molecule has 0 saturated carbocycles. The fraction of sp³-hybridized carbons (Fsp3) is 0.269. The van der Waals surface area contributed by atoms with E-state index in [1.807, 2.05) is 149 Å². The van der Waals surface area contributed by atoms with E-state index in [4.69, 9.17) is 18.9 Å². The molecule has 14 nitrogen and oxygen atoms in total. The van der Waals surface area contributed by atoms with Crippen LogP contribution in [-0.4, -0.2) is 107 Å². The zero-order valence-electron chi connectivity index (χ0n) is 38.7. The highest BCUT2D eigenvalue weighted by atomic mass is 16.6. The fourth-order valence-electron chi connectivity index (χ4n) is 6.85. The zero-order valence-corrected chi connectivity index (χ0v) is 38.7. The summed E-state index contributed by atoms with van der Waals surface area (Å²) in [6.45, 7) is 8.82. The largest absolute Gasteiger partial charge is 0.486 e. The molecule has 0 amide bonds. The summed E-state index contributed by atoms with van der Waals surface area (Å²) < 4.78 is 26.3. The number of ether oxygens (including phenoxy) is 4. The Morgan fingerprint density at radius 1 is 0.545 bits per heavy atom. The number of likely N-dealkylation sites (N-methyl/N-ethyl adjacent to an activating group) is 1. The summed E-state index contributed by atoms with van der Waals surface area (Å²) in [6, 6.07) is 43.4. The maximum Gasteiger partial charge on any atom is 0.247 e. The topological polar surface area (TPSA) is 128 Å². The van der Waals surface area contributed by atoms with Gasteiger partial charge in [-0.05, 0) is 133 Å². The third-order valence-corrected chi connectivity index (χ3v) is 10.1. The molecule has 0 aliphatic carbocycles. The molecule has 14 heteroatoms. The molecule has 4 aromatic carbocycles. The van der Waals surface area contributed by atoms with Gasteiger partial charge in [-0.2, -0.15) is 9.97 Å². The molecule has 0 saturated heterocycles. The Bertz CT molecular complexity index is 2600. The van der Waals surface area contributed by atoms with E-state index >= 15 is 0 Å². The summed E-state index contributed by atoms with van der Waals surface area (Å²) in [5, 5.41) is 15.7. The van der Waals surface area contributed by atoms with Crippen molar-refractivity contribution in [3.05, 3.63) is 146 Å². The number of pyridine rings is 2. The van der Waals surface area contributed by atoms with E-state index < -0.39 is 0 Å². The van der Waals surface area contributed by atoms with E-state index in [1.54, 1.807) is 0 Å². The minimum Gasteiger partial charge on any atom is -0.486 e. The van der Waals surface area contributed by atoms with Crippen molar-refractivity contribution < 1.29 is 18.9 Å². The number of fused-ring (bicyclic) bond motifs is 4. The highest BCUT2D eigenvalue weighted by Crippen LogP contribution is 2.36. The molecule has 0 atom stereocenters. The zero-order chi connectivity index (χ0) is 46.1. The van der Waals surface area contributed by atoms with Crippen LogP contribution < -0.4 is 29.6 Å². The average Bonchev–Trinajstić information content (AvgIpc) is 3.97. The van der Waals surface area contributed by atoms with Crippen molar-refractivity contribution in [2.45, 2.75) is 26.7 Å². The van der Waals surface area contributed by atoms with Crippen molar-refractivity contribution in [2.75, 3.05) is 78.3 Å². The van der Waals surface area contributed by atoms with Gasteiger partial charge in [0.25, 0.3) is 0 Å². The molecule has 2 aliphatic rings. The second kappa shape index (κ2) is 23.5. The van der Waals surface area contributed by atoms with Crippen molar-refractivity contribution >= 4 is 34.6 Å². The van der Waals surface area contributed by atoms with Gasteiger partial charge in [0.15, 0.2) is 34.3 Å². The summed E-state index contributed by atoms with van der Waals surface area (Å²) in [7, 11) is 8.32. The molecule has 0 spiro atoms. The molecule has 2 N–H and O–H groups in total. The van der Waals surface area contributed by atoms with E-state index in [-0.39, 0.29) is 0 Å². The Kier molecular flexibility index (Phi) is 16.6. The summed E-state index contributed by atoms with van der Waals surface area (Å²) in [6.07, 6.45) is 6.81. The van der Waals surface area contributed by atoms with E-state index in [1.165, 1.54) is 19.4 Å². The number of hydrogen-bond acceptors (Lipinski definition) is 12. The van der Waals surface area contributed by atoms with Gasteiger partial charge in [-0.3, -0.25) is 0 Å². The van der Waals surface area contributed by atoms with Gasteiger partial charge in [-0.1, -0.05) is 74.0 Å². The Hall–Kier alpha value is -7.42. The highest BCUT2D eigenvalue weighted by Gasteiger charge is 2.17. The monoisotopic (exact) mass is 888 g/mol. The number of nitrogens with zero attached hydrogens (tertiary/aromatic N) is 8. The van der Waals surface area contributed by atoms with Crippen LogP contribution >= 0.6 is 0 Å². The van der Waals surface area contributed by atoms with Crippen LogP contribution in [0.1, 0.15) is 26.7 Å². The first-order valence-corrected chi connectivity index (χ1v) is 22.3. The smallest absolute Gasteiger partial charge is 0.247 e. The Balaban J connectivity index is 0.000000153. The molecule has 2 aliphatic heterocycles. The molecule has 0 unspecified atom stereocenters. The lowest BCUT2D eigenvalue weighted by atomic mass is 10.1. The molecule has 0 bridgehead atoms. The Labute approximate surface area is 387 Å². The van der Waals surface area contributed by atoms with Crippen molar-refractivity contribution in [1.29, 1.82) is 0 Å². The predicted octanol–water partition coefficient (Wildman–Crippen LogP) is 10.3. The van der Waals surface area contributed by atoms with Gasteiger partial charge in [-0.25, -0.2) is 9.03 Å². The van der Waals surface area contributed by atoms with Gasteiger partial charge in [0.05, 0.1) is 11.4 Å². The number of benzene rings is 4. The number of aromatic nitrogens is 6. The summed E-state index contributed by atoms with van der Waals surface area (Å²) in [5.41, 5.74) is 7.31. The summed E-state index contributed by atoms with van der Waals surface area (Å²) in [5.74, 6) is 4.18. The van der Waals surface area contributed by atoms with Crippen LogP contribution in [0.4, 0.5) is 23.3 Å². The third-order valence-electron chi connectivity index (χ3n) is 10.1. The van der Waals surface area contributed by atoms with Crippen LogP contribution in [0.3, 0.4) is 0 Å². The number of unbranched alkanes of at least 4 members (excludes halogenated alkanes) is 1. The molecule has 8 aromatic rings. The van der Waals surface area contributed by atoms with E-state index in [9.17, 15) is 0 Å². The van der Waals surface area contributed by atoms with Crippen LogP contribution in [0.5, 0.6) is 23.0 Å². The molecule has 0 fully saturated rings. The molecule has 0 radical (unpaired) electrons. The maximum atomic E-state index is 5.70. The lowest BCUT2D eigenvalue weighted by Crippen LogP contribution is -2.15. The third kappa shape index (κ3) is 12.9. The van der Waals surface area contributed by atoms with Gasteiger partial charge in [0.2, 0.25) is 11.9 Å². The molecule has 4 aromatic heterocycles. The van der Waals surface area contributed by atoms with Crippen LogP contribution in [0.2, 0.25) is 0 Å². The number of rotatable bonds is 11. The van der Waals surface area contributed by atoms with Crippen molar-refractivity contribution in [1.82, 2.24) is 39.0 Å². The van der Waals surface area contributed by atoms with Crippen molar-refractivity contribution in [2.24, 2.45) is 0 Å². The number of nitrogens with one attached hydrogen (secondary N) is 2. The SMILES string of the molecule is C/C=C/CN(C)C.CCCCN(C)C.c1ccc(Nc2nc3cccc(-c4ccc5c(c4)OCCO5)n3n2)cc1.c1ccc(Nc2nc3cccc(-c4ccc5c(c4)OCCO5)n3n2)cc1. The lowest BCUT2D eigenvalue weighted by molar-refractivity contribution is 0.171. The van der Waals surface area contributed by atoms with Crippen LogP contribution in [-0.2, 0) is 0 Å². The van der Waals surface area contributed by atoms with Gasteiger partial charge in [0, 0.05) is 29.0 Å². The first-order valence-electron chi connectivity index (χ1n) is 22.3. The minimum absolute atomic E-state index is 0.557. The second-order valence-electron chi connectivity index (χ2n) is 15.9. The number of allylic oxidation sites excluding steroid dienone is 1.